The minimum Gasteiger partial charge on any atom is -0.507 e. The molecule has 0 radical (unpaired) electrons. The molecule has 1 unspecified atom stereocenters. The van der Waals surface area contributed by atoms with E-state index in [9.17, 15) is 9.90 Å². The van der Waals surface area contributed by atoms with Gasteiger partial charge in [0.1, 0.15) is 11.3 Å². The maximum Gasteiger partial charge on any atom is 0.343 e. The Hall–Kier alpha value is -2.55. The summed E-state index contributed by atoms with van der Waals surface area (Å²) < 4.78 is 5.29. The summed E-state index contributed by atoms with van der Waals surface area (Å²) in [5, 5.41) is 10.9. The van der Waals surface area contributed by atoms with Gasteiger partial charge in [-0.25, -0.2) is 4.79 Å². The Morgan fingerprint density at radius 3 is 2.48 bits per heavy atom. The topological polar surface area (TPSA) is 50.4 Å². The van der Waals surface area contributed by atoms with Gasteiger partial charge in [-0.1, -0.05) is 49.4 Å². The van der Waals surface area contributed by atoms with Crippen LogP contribution in [0.3, 0.4) is 0 Å². The van der Waals surface area contributed by atoms with Crippen molar-refractivity contribution < 1.29 is 9.52 Å². The van der Waals surface area contributed by atoms with Crippen molar-refractivity contribution in [2.45, 2.75) is 19.3 Å². The first-order valence-corrected chi connectivity index (χ1v) is 6.95. The van der Waals surface area contributed by atoms with Crippen molar-refractivity contribution in [3.63, 3.8) is 0 Å². The van der Waals surface area contributed by atoms with Gasteiger partial charge < -0.3 is 9.52 Å². The summed E-state index contributed by atoms with van der Waals surface area (Å²) in [4.78, 5) is 12.1. The zero-order valence-electron chi connectivity index (χ0n) is 11.7. The van der Waals surface area contributed by atoms with Crippen molar-refractivity contribution in [1.82, 2.24) is 0 Å². The third-order valence-electron chi connectivity index (χ3n) is 3.76. The van der Waals surface area contributed by atoms with Gasteiger partial charge in [0.05, 0.1) is 10.9 Å². The summed E-state index contributed by atoms with van der Waals surface area (Å²) in [6.07, 6.45) is 0.447. The summed E-state index contributed by atoms with van der Waals surface area (Å²) in [5.74, 6) is 0.158. The summed E-state index contributed by atoms with van der Waals surface area (Å²) in [6, 6.07) is 16.9. The highest BCUT2D eigenvalue weighted by Crippen LogP contribution is 2.29. The fourth-order valence-electron chi connectivity index (χ4n) is 2.56. The molecule has 0 spiro atoms. The highest BCUT2D eigenvalue weighted by atomic mass is 16.4. The lowest BCUT2D eigenvalue weighted by atomic mass is 9.93. The first-order chi connectivity index (χ1) is 10.2. The smallest absolute Gasteiger partial charge is 0.343 e. The van der Waals surface area contributed by atoms with Crippen LogP contribution in [0.4, 0.5) is 0 Å². The molecule has 21 heavy (non-hydrogen) atoms. The van der Waals surface area contributed by atoms with Gasteiger partial charge >= 0.3 is 5.63 Å². The monoisotopic (exact) mass is 280 g/mol. The van der Waals surface area contributed by atoms with Crippen LogP contribution in [0.25, 0.3) is 11.0 Å². The number of rotatable bonds is 3. The van der Waals surface area contributed by atoms with Crippen molar-refractivity contribution in [1.29, 1.82) is 0 Å². The number of benzene rings is 2. The van der Waals surface area contributed by atoms with Crippen molar-refractivity contribution in [3.8, 4) is 5.75 Å². The standard InChI is InChI=1S/C18H16O3/c1-12(13-7-3-2-4-8-13)11-15-17(19)14-9-5-6-10-16(14)21-18(15)20/h2-10,12,19H,11H2,1H3. The SMILES string of the molecule is CC(Cc1c(O)c2ccccc2oc1=O)c1ccccc1. The van der Waals surface area contributed by atoms with Crippen LogP contribution in [0.15, 0.2) is 63.8 Å². The van der Waals surface area contributed by atoms with E-state index in [1.807, 2.05) is 43.3 Å². The average molecular weight is 280 g/mol. The van der Waals surface area contributed by atoms with Crippen LogP contribution in [0.2, 0.25) is 0 Å². The fourth-order valence-corrected chi connectivity index (χ4v) is 2.56. The summed E-state index contributed by atoms with van der Waals surface area (Å²) in [5.41, 5.74) is 1.42. The second-order valence-corrected chi connectivity index (χ2v) is 5.23. The molecule has 3 rings (SSSR count). The van der Waals surface area contributed by atoms with Crippen molar-refractivity contribution >= 4 is 11.0 Å². The molecule has 3 aromatic rings. The van der Waals surface area contributed by atoms with Gasteiger partial charge in [0, 0.05) is 0 Å². The van der Waals surface area contributed by atoms with Crippen LogP contribution in [-0.4, -0.2) is 5.11 Å². The molecular formula is C18H16O3. The number of hydrogen-bond donors (Lipinski definition) is 1. The maximum atomic E-state index is 12.1. The van der Waals surface area contributed by atoms with Gasteiger partial charge in [-0.2, -0.15) is 0 Å². The summed E-state index contributed by atoms with van der Waals surface area (Å²) in [6.45, 7) is 2.03. The molecule has 0 fully saturated rings. The molecule has 2 aromatic carbocycles. The molecular weight excluding hydrogens is 264 g/mol. The van der Waals surface area contributed by atoms with Crippen LogP contribution in [0.1, 0.15) is 24.0 Å². The van der Waals surface area contributed by atoms with E-state index in [1.54, 1.807) is 18.2 Å². The highest BCUT2D eigenvalue weighted by Gasteiger charge is 2.17. The van der Waals surface area contributed by atoms with Crippen molar-refractivity contribution in [2.75, 3.05) is 0 Å². The molecule has 0 aliphatic rings. The third kappa shape index (κ3) is 2.55. The Morgan fingerprint density at radius 2 is 1.71 bits per heavy atom. The second-order valence-electron chi connectivity index (χ2n) is 5.23. The van der Waals surface area contributed by atoms with E-state index in [1.165, 1.54) is 0 Å². The Kier molecular flexibility index (Phi) is 3.48. The predicted molar refractivity (Wildman–Crippen MR) is 82.7 cm³/mol. The zero-order chi connectivity index (χ0) is 14.8. The Labute approximate surface area is 122 Å². The average Bonchev–Trinajstić information content (AvgIpc) is 2.52. The quantitative estimate of drug-likeness (QED) is 0.741. The predicted octanol–water partition coefficient (Wildman–Crippen LogP) is 3.84. The third-order valence-corrected chi connectivity index (χ3v) is 3.76. The molecule has 3 nitrogen and oxygen atoms in total. The minimum absolute atomic E-state index is 0.0321. The Bertz CT molecular complexity index is 819. The van der Waals surface area contributed by atoms with E-state index < -0.39 is 5.63 Å². The molecule has 0 saturated heterocycles. The van der Waals surface area contributed by atoms with Gasteiger partial charge in [0.2, 0.25) is 0 Å². The van der Waals surface area contributed by atoms with Crippen LogP contribution in [0.5, 0.6) is 5.75 Å². The number of para-hydroxylation sites is 1. The molecule has 3 heteroatoms. The molecule has 1 atom stereocenters. The lowest BCUT2D eigenvalue weighted by Crippen LogP contribution is -2.11. The van der Waals surface area contributed by atoms with E-state index in [0.717, 1.165) is 5.56 Å². The highest BCUT2D eigenvalue weighted by molar-refractivity contribution is 5.83. The van der Waals surface area contributed by atoms with E-state index in [2.05, 4.69) is 0 Å². The van der Waals surface area contributed by atoms with Gasteiger partial charge in [0.25, 0.3) is 0 Å². The maximum absolute atomic E-state index is 12.1. The van der Waals surface area contributed by atoms with E-state index >= 15 is 0 Å². The molecule has 0 aliphatic carbocycles. The van der Waals surface area contributed by atoms with E-state index in [4.69, 9.17) is 4.42 Å². The first-order valence-electron chi connectivity index (χ1n) is 6.95. The molecule has 1 aromatic heterocycles. The number of aromatic hydroxyl groups is 1. The van der Waals surface area contributed by atoms with Crippen LogP contribution in [-0.2, 0) is 6.42 Å². The van der Waals surface area contributed by atoms with Crippen molar-refractivity contribution in [3.05, 3.63) is 76.1 Å². The summed E-state index contributed by atoms with van der Waals surface area (Å²) in [7, 11) is 0. The molecule has 0 bridgehead atoms. The Morgan fingerprint density at radius 1 is 1.05 bits per heavy atom. The fraction of sp³-hybridized carbons (Fsp3) is 0.167. The van der Waals surface area contributed by atoms with Crippen LogP contribution in [0, 0.1) is 0 Å². The zero-order valence-corrected chi connectivity index (χ0v) is 11.7. The second kappa shape index (κ2) is 5.44. The van der Waals surface area contributed by atoms with Gasteiger partial charge in [-0.3, -0.25) is 0 Å². The molecule has 1 N–H and O–H groups in total. The Balaban J connectivity index is 2.03. The largest absolute Gasteiger partial charge is 0.507 e. The molecule has 106 valence electrons. The first kappa shape index (κ1) is 13.4. The van der Waals surface area contributed by atoms with Gasteiger partial charge in [-0.15, -0.1) is 0 Å². The molecule has 0 aliphatic heterocycles. The van der Waals surface area contributed by atoms with Crippen LogP contribution < -0.4 is 5.63 Å². The minimum atomic E-state index is -0.464. The normalized spacial score (nSPS) is 12.4. The van der Waals surface area contributed by atoms with E-state index in [0.29, 0.717) is 23.0 Å². The molecule has 1 heterocycles. The number of hydrogen-bond acceptors (Lipinski definition) is 3. The summed E-state index contributed by atoms with van der Waals surface area (Å²) >= 11 is 0. The molecule has 0 amide bonds. The van der Waals surface area contributed by atoms with Gasteiger partial charge in [-0.05, 0) is 30.0 Å². The van der Waals surface area contributed by atoms with E-state index in [-0.39, 0.29) is 11.7 Å². The lowest BCUT2D eigenvalue weighted by Gasteiger charge is -2.12. The van der Waals surface area contributed by atoms with Gasteiger partial charge in [0.15, 0.2) is 0 Å². The van der Waals surface area contributed by atoms with Crippen LogP contribution >= 0.6 is 0 Å². The van der Waals surface area contributed by atoms with Crippen molar-refractivity contribution in [2.24, 2.45) is 0 Å². The molecule has 0 saturated carbocycles. The lowest BCUT2D eigenvalue weighted by molar-refractivity contribution is 0.453. The number of fused-ring (bicyclic) bond motifs is 1.